The van der Waals surface area contributed by atoms with Gasteiger partial charge in [-0.3, -0.25) is 14.5 Å². The number of benzene rings is 2. The maximum absolute atomic E-state index is 12.5. The highest BCUT2D eigenvalue weighted by molar-refractivity contribution is 5.79. The first-order valence-electron chi connectivity index (χ1n) is 10.3. The van der Waals surface area contributed by atoms with E-state index in [-0.39, 0.29) is 25.2 Å². The molecule has 1 fully saturated rings. The number of nitrogens with zero attached hydrogens (tertiary/aromatic N) is 1. The number of hydrogen-bond acceptors (Lipinski definition) is 6. The minimum absolute atomic E-state index is 0.120. The van der Waals surface area contributed by atoms with Gasteiger partial charge < -0.3 is 24.6 Å². The van der Waals surface area contributed by atoms with Gasteiger partial charge in [-0.1, -0.05) is 18.2 Å². The molecule has 1 saturated heterocycles. The van der Waals surface area contributed by atoms with Crippen molar-refractivity contribution in [1.82, 2.24) is 10.2 Å². The third-order valence-electron chi connectivity index (χ3n) is 5.89. The molecule has 0 bridgehead atoms. The van der Waals surface area contributed by atoms with Crippen molar-refractivity contribution in [2.45, 2.75) is 18.9 Å². The third-order valence-corrected chi connectivity index (χ3v) is 5.89. The fourth-order valence-electron chi connectivity index (χ4n) is 4.51. The van der Waals surface area contributed by atoms with Gasteiger partial charge in [0.1, 0.15) is 5.75 Å². The number of nitrogens with one attached hydrogen (secondary N) is 1. The molecule has 0 radical (unpaired) electrons. The molecule has 164 valence electrons. The minimum atomic E-state index is -0.901. The predicted octanol–water partition coefficient (Wildman–Crippen LogP) is 2.40. The zero-order valence-corrected chi connectivity index (χ0v) is 17.5. The number of carboxylic acid groups (broad SMARTS) is 1. The number of aliphatic carboxylic acids is 1. The standard InChI is InChI=1S/C23H26N2O6/c1-3-24-20(26)12-25-11-17(15-6-9-18-19(10-15)31-13-30-18)21(23(27)28)22(25)14-4-7-16(29-2)8-5-14/h4-10,17,21-22H,3,11-13H2,1-2H3,(H,24,26)(H,27,28). The van der Waals surface area contributed by atoms with Crippen LogP contribution in [0.3, 0.4) is 0 Å². The van der Waals surface area contributed by atoms with Crippen LogP contribution in [-0.4, -0.2) is 55.4 Å². The number of rotatable bonds is 7. The quantitative estimate of drug-likeness (QED) is 0.702. The second-order valence-corrected chi connectivity index (χ2v) is 7.68. The number of amides is 1. The number of carbonyl (C=O) groups is 2. The summed E-state index contributed by atoms with van der Waals surface area (Å²) in [5.41, 5.74) is 1.69. The summed E-state index contributed by atoms with van der Waals surface area (Å²) in [6, 6.07) is 12.4. The van der Waals surface area contributed by atoms with Gasteiger partial charge in [0.2, 0.25) is 12.7 Å². The molecule has 2 aromatic rings. The number of ether oxygens (including phenoxy) is 3. The highest BCUT2D eigenvalue weighted by Crippen LogP contribution is 2.47. The molecule has 0 spiro atoms. The van der Waals surface area contributed by atoms with E-state index in [0.717, 1.165) is 11.1 Å². The van der Waals surface area contributed by atoms with Crippen molar-refractivity contribution in [2.24, 2.45) is 5.92 Å². The van der Waals surface area contributed by atoms with Gasteiger partial charge in [0, 0.05) is 25.0 Å². The summed E-state index contributed by atoms with van der Waals surface area (Å²) in [6.45, 7) is 3.09. The topological polar surface area (TPSA) is 97.3 Å². The van der Waals surface area contributed by atoms with E-state index in [0.29, 0.717) is 30.3 Å². The summed E-state index contributed by atoms with van der Waals surface area (Å²) in [4.78, 5) is 26.8. The summed E-state index contributed by atoms with van der Waals surface area (Å²) in [6.07, 6.45) is 0. The smallest absolute Gasteiger partial charge is 0.309 e. The van der Waals surface area contributed by atoms with Gasteiger partial charge in [-0.25, -0.2) is 0 Å². The summed E-state index contributed by atoms with van der Waals surface area (Å²) in [7, 11) is 1.59. The number of likely N-dealkylation sites (N-methyl/N-ethyl adjacent to an activating group) is 1. The largest absolute Gasteiger partial charge is 0.497 e. The maximum atomic E-state index is 12.5. The Labute approximate surface area is 180 Å². The van der Waals surface area contributed by atoms with Gasteiger partial charge in [-0.15, -0.1) is 0 Å². The SMILES string of the molecule is CCNC(=O)CN1CC(c2ccc3c(c2)OCO3)C(C(=O)O)C1c1ccc(OC)cc1. The van der Waals surface area contributed by atoms with E-state index >= 15 is 0 Å². The van der Waals surface area contributed by atoms with E-state index in [2.05, 4.69) is 5.32 Å². The maximum Gasteiger partial charge on any atom is 0.309 e. The summed E-state index contributed by atoms with van der Waals surface area (Å²) in [5, 5.41) is 13.0. The van der Waals surface area contributed by atoms with Gasteiger partial charge in [0.25, 0.3) is 0 Å². The monoisotopic (exact) mass is 426 g/mol. The lowest BCUT2D eigenvalue weighted by Gasteiger charge is -2.27. The van der Waals surface area contributed by atoms with Crippen molar-refractivity contribution in [1.29, 1.82) is 0 Å². The molecule has 0 aliphatic carbocycles. The molecule has 2 aromatic carbocycles. The number of hydrogen-bond donors (Lipinski definition) is 2. The zero-order chi connectivity index (χ0) is 22.0. The Morgan fingerprint density at radius 1 is 1.13 bits per heavy atom. The van der Waals surface area contributed by atoms with Crippen molar-refractivity contribution in [3.63, 3.8) is 0 Å². The second-order valence-electron chi connectivity index (χ2n) is 7.68. The molecule has 0 aromatic heterocycles. The average molecular weight is 426 g/mol. The molecule has 1 amide bonds. The predicted molar refractivity (Wildman–Crippen MR) is 112 cm³/mol. The van der Waals surface area contributed by atoms with E-state index in [1.807, 2.05) is 54.3 Å². The first-order valence-corrected chi connectivity index (χ1v) is 10.3. The van der Waals surface area contributed by atoms with E-state index in [1.165, 1.54) is 0 Å². The van der Waals surface area contributed by atoms with E-state index in [1.54, 1.807) is 7.11 Å². The number of carbonyl (C=O) groups excluding carboxylic acids is 1. The van der Waals surface area contributed by atoms with Crippen LogP contribution in [0.5, 0.6) is 17.2 Å². The lowest BCUT2D eigenvalue weighted by atomic mass is 9.82. The molecule has 0 saturated carbocycles. The van der Waals surface area contributed by atoms with E-state index in [4.69, 9.17) is 14.2 Å². The Bertz CT molecular complexity index is 961. The Hall–Kier alpha value is -3.26. The van der Waals surface area contributed by atoms with Crippen LogP contribution < -0.4 is 19.5 Å². The Kier molecular flexibility index (Phi) is 5.99. The normalized spacial score (nSPS) is 22.3. The van der Waals surface area contributed by atoms with Crippen molar-refractivity contribution < 1.29 is 28.9 Å². The Balaban J connectivity index is 1.72. The third kappa shape index (κ3) is 4.16. The van der Waals surface area contributed by atoms with Gasteiger partial charge in [0.15, 0.2) is 11.5 Å². The van der Waals surface area contributed by atoms with Crippen molar-refractivity contribution in [2.75, 3.05) is 33.5 Å². The molecule has 2 heterocycles. The van der Waals surface area contributed by atoms with Crippen molar-refractivity contribution in [3.8, 4) is 17.2 Å². The Morgan fingerprint density at radius 2 is 1.84 bits per heavy atom. The van der Waals surface area contributed by atoms with Crippen molar-refractivity contribution >= 4 is 11.9 Å². The lowest BCUT2D eigenvalue weighted by Crippen LogP contribution is -2.38. The molecule has 2 aliphatic rings. The lowest BCUT2D eigenvalue weighted by molar-refractivity contribution is -0.143. The van der Waals surface area contributed by atoms with Crippen LogP contribution in [0.4, 0.5) is 0 Å². The minimum Gasteiger partial charge on any atom is -0.497 e. The van der Waals surface area contributed by atoms with Crippen LogP contribution in [0.15, 0.2) is 42.5 Å². The van der Waals surface area contributed by atoms with Crippen LogP contribution in [-0.2, 0) is 9.59 Å². The molecule has 3 atom stereocenters. The molecular formula is C23H26N2O6. The molecule has 8 heteroatoms. The van der Waals surface area contributed by atoms with Crippen molar-refractivity contribution in [3.05, 3.63) is 53.6 Å². The van der Waals surface area contributed by atoms with Crippen LogP contribution in [0.25, 0.3) is 0 Å². The van der Waals surface area contributed by atoms with Gasteiger partial charge >= 0.3 is 5.97 Å². The first-order chi connectivity index (χ1) is 15.0. The molecule has 2 aliphatic heterocycles. The summed E-state index contributed by atoms with van der Waals surface area (Å²) in [5.74, 6) is -0.115. The number of methoxy groups -OCH3 is 1. The Morgan fingerprint density at radius 3 is 2.52 bits per heavy atom. The second kappa shape index (κ2) is 8.85. The van der Waals surface area contributed by atoms with Crippen LogP contribution >= 0.6 is 0 Å². The molecule has 2 N–H and O–H groups in total. The van der Waals surface area contributed by atoms with Crippen LogP contribution in [0.2, 0.25) is 0 Å². The van der Waals surface area contributed by atoms with Crippen LogP contribution in [0.1, 0.15) is 30.0 Å². The fourth-order valence-corrected chi connectivity index (χ4v) is 4.51. The zero-order valence-electron chi connectivity index (χ0n) is 17.5. The fraction of sp³-hybridized carbons (Fsp3) is 0.391. The molecule has 3 unspecified atom stereocenters. The van der Waals surface area contributed by atoms with E-state index in [9.17, 15) is 14.7 Å². The summed E-state index contributed by atoms with van der Waals surface area (Å²) < 4.78 is 16.1. The van der Waals surface area contributed by atoms with Crippen LogP contribution in [0, 0.1) is 5.92 Å². The molecule has 4 rings (SSSR count). The van der Waals surface area contributed by atoms with E-state index < -0.39 is 17.9 Å². The number of likely N-dealkylation sites (tertiary alicyclic amines) is 1. The first kappa shape index (κ1) is 21.0. The van der Waals surface area contributed by atoms with Gasteiger partial charge in [-0.2, -0.15) is 0 Å². The molecule has 8 nitrogen and oxygen atoms in total. The molecule has 31 heavy (non-hydrogen) atoms. The number of fused-ring (bicyclic) bond motifs is 1. The highest BCUT2D eigenvalue weighted by Gasteiger charge is 2.48. The summed E-state index contributed by atoms with van der Waals surface area (Å²) >= 11 is 0. The number of carboxylic acids is 1. The molecular weight excluding hydrogens is 400 g/mol. The van der Waals surface area contributed by atoms with Gasteiger partial charge in [0.05, 0.1) is 19.6 Å². The van der Waals surface area contributed by atoms with Gasteiger partial charge in [-0.05, 0) is 42.3 Å². The highest BCUT2D eigenvalue weighted by atomic mass is 16.7. The average Bonchev–Trinajstić information content (AvgIpc) is 3.38.